The number of carboxylic acid groups (broad SMARTS) is 1. The molecule has 3 aliphatic heterocycles. The number of fused-ring (bicyclic) bond motifs is 1. The van der Waals surface area contributed by atoms with Crippen molar-refractivity contribution in [2.75, 3.05) is 12.8 Å². The van der Waals surface area contributed by atoms with E-state index in [0.29, 0.717) is 10.7 Å². The Morgan fingerprint density at radius 1 is 1.50 bits per heavy atom. The number of rotatable bonds is 4. The predicted octanol–water partition coefficient (Wildman–Crippen LogP) is 1.96. The van der Waals surface area contributed by atoms with E-state index in [1.807, 2.05) is 23.5 Å². The first-order chi connectivity index (χ1) is 12.5. The summed E-state index contributed by atoms with van der Waals surface area (Å²) >= 11 is 4.28. The molecule has 0 aliphatic carbocycles. The molecule has 2 atom stereocenters. The fraction of sp³-hybridized carbons (Fsp3) is 0.312. The number of amides is 1. The minimum absolute atomic E-state index is 0.0409. The molecule has 1 aromatic heterocycles. The predicted molar refractivity (Wildman–Crippen MR) is 103 cm³/mol. The number of β-lactam (4-membered cyclic amide) rings is 1. The Kier molecular flexibility index (Phi) is 4.59. The van der Waals surface area contributed by atoms with E-state index in [-0.39, 0.29) is 17.0 Å². The average molecular weight is 409 g/mol. The molecule has 0 unspecified atom stereocenters. The Balaban J connectivity index is 1.59. The first-order valence-corrected chi connectivity index (χ1v) is 10.6. The topological polar surface area (TPSA) is 99.8 Å². The van der Waals surface area contributed by atoms with E-state index in [2.05, 4.69) is 17.1 Å². The second-order valence-electron chi connectivity index (χ2n) is 5.93. The van der Waals surface area contributed by atoms with Gasteiger partial charge in [-0.15, -0.1) is 23.1 Å². The molecule has 3 N–H and O–H groups in total. The van der Waals surface area contributed by atoms with E-state index in [9.17, 15) is 14.7 Å². The number of allylic oxidation sites excluding steroid dienone is 2. The van der Waals surface area contributed by atoms with Crippen LogP contribution >= 0.6 is 34.9 Å². The van der Waals surface area contributed by atoms with Crippen LogP contribution in [-0.4, -0.2) is 56.0 Å². The maximum absolute atomic E-state index is 12.0. The molecule has 10 heteroatoms. The number of aromatic nitrogens is 1. The third kappa shape index (κ3) is 2.86. The van der Waals surface area contributed by atoms with Crippen LogP contribution in [-0.2, 0) is 9.59 Å². The fourth-order valence-corrected chi connectivity index (χ4v) is 6.39. The molecule has 4 heterocycles. The van der Waals surface area contributed by atoms with Gasteiger partial charge in [-0.1, -0.05) is 23.9 Å². The first-order valence-electron chi connectivity index (χ1n) is 7.87. The zero-order valence-electron chi connectivity index (χ0n) is 13.8. The van der Waals surface area contributed by atoms with Gasteiger partial charge in [0, 0.05) is 29.3 Å². The summed E-state index contributed by atoms with van der Waals surface area (Å²) in [6.45, 7) is 0. The smallest absolute Gasteiger partial charge is 0.353 e. The van der Waals surface area contributed by atoms with Gasteiger partial charge in [-0.25, -0.2) is 9.78 Å². The molecule has 136 valence electrons. The number of nitrogens with zero attached hydrogens (tertiary/aromatic N) is 3. The Morgan fingerprint density at radius 2 is 2.31 bits per heavy atom. The van der Waals surface area contributed by atoms with Crippen molar-refractivity contribution in [3.05, 3.63) is 40.0 Å². The standard InChI is InChI=1S/C16H16N4O3S3/c1-19-5-3-2-4-9(19)8-6-25-16(18-8)26-10-7-24-14-11(17)13(21)20(14)12(10)15(22)23/h3-6,11,14H,2,7,17H2,1H3,(H,22,23)/t11-,14-/m1/s1. The zero-order valence-corrected chi connectivity index (χ0v) is 16.2. The molecule has 7 nitrogen and oxygen atoms in total. The Labute approximate surface area is 162 Å². The molecule has 0 radical (unpaired) electrons. The lowest BCUT2D eigenvalue weighted by molar-refractivity contribution is -0.147. The second kappa shape index (κ2) is 6.76. The molecule has 3 aliphatic rings. The van der Waals surface area contributed by atoms with Crippen LogP contribution in [0.1, 0.15) is 12.1 Å². The molecule has 1 amide bonds. The molecule has 1 saturated heterocycles. The van der Waals surface area contributed by atoms with Crippen molar-refractivity contribution >= 4 is 52.4 Å². The van der Waals surface area contributed by atoms with E-state index in [1.165, 1.54) is 39.8 Å². The third-order valence-electron chi connectivity index (χ3n) is 4.29. The van der Waals surface area contributed by atoms with Gasteiger partial charge in [0.2, 0.25) is 5.91 Å². The number of hydrogen-bond donors (Lipinski definition) is 2. The van der Waals surface area contributed by atoms with Crippen molar-refractivity contribution in [2.45, 2.75) is 22.2 Å². The molecule has 1 fully saturated rings. The fourth-order valence-electron chi connectivity index (χ4n) is 3.00. The summed E-state index contributed by atoms with van der Waals surface area (Å²) in [5.41, 5.74) is 7.71. The van der Waals surface area contributed by atoms with Gasteiger partial charge in [0.15, 0.2) is 4.34 Å². The number of aliphatic carboxylic acids is 1. The van der Waals surface area contributed by atoms with Gasteiger partial charge in [-0.05, 0) is 6.42 Å². The number of carboxylic acids is 1. The van der Waals surface area contributed by atoms with Gasteiger partial charge in [-0.2, -0.15) is 0 Å². The van der Waals surface area contributed by atoms with Gasteiger partial charge >= 0.3 is 5.97 Å². The second-order valence-corrected chi connectivity index (χ2v) is 9.24. The molecule has 0 spiro atoms. The highest BCUT2D eigenvalue weighted by molar-refractivity contribution is 8.07. The maximum atomic E-state index is 12.0. The first kappa shape index (κ1) is 17.7. The number of thiazole rings is 1. The monoisotopic (exact) mass is 408 g/mol. The van der Waals surface area contributed by atoms with Gasteiger partial charge < -0.3 is 15.7 Å². The molecule has 0 aromatic carbocycles. The SMILES string of the molecule is CN1C=CCC=C1c1csc(SC2=C(C(=O)O)N3C(=O)[C@@H](N)[C@H]3SC2)n1. The number of hydrogen-bond acceptors (Lipinski definition) is 8. The van der Waals surface area contributed by atoms with Crippen LogP contribution in [0.2, 0.25) is 0 Å². The van der Waals surface area contributed by atoms with Gasteiger partial charge in [0.05, 0.1) is 11.4 Å². The van der Waals surface area contributed by atoms with Crippen LogP contribution in [0.5, 0.6) is 0 Å². The van der Waals surface area contributed by atoms with Crippen molar-refractivity contribution in [3.63, 3.8) is 0 Å². The van der Waals surface area contributed by atoms with Crippen molar-refractivity contribution in [2.24, 2.45) is 5.73 Å². The van der Waals surface area contributed by atoms with Crippen LogP contribution in [0.25, 0.3) is 5.70 Å². The lowest BCUT2D eigenvalue weighted by Crippen LogP contribution is -2.68. The Hall–Kier alpha value is -1.75. The lowest BCUT2D eigenvalue weighted by atomic mass is 10.1. The van der Waals surface area contributed by atoms with E-state index in [4.69, 9.17) is 5.73 Å². The lowest BCUT2D eigenvalue weighted by Gasteiger charge is -2.47. The zero-order chi connectivity index (χ0) is 18.4. The van der Waals surface area contributed by atoms with Crippen molar-refractivity contribution < 1.29 is 14.7 Å². The molecule has 1 aromatic rings. The highest BCUT2D eigenvalue weighted by Gasteiger charge is 2.52. The maximum Gasteiger partial charge on any atom is 0.353 e. The van der Waals surface area contributed by atoms with E-state index in [0.717, 1.165) is 22.2 Å². The number of nitrogens with two attached hydrogens (primary N) is 1. The average Bonchev–Trinajstić information content (AvgIpc) is 3.09. The van der Waals surface area contributed by atoms with E-state index in [1.54, 1.807) is 0 Å². The van der Waals surface area contributed by atoms with Crippen LogP contribution in [0.15, 0.2) is 38.7 Å². The molecular formula is C16H16N4O3S3. The van der Waals surface area contributed by atoms with Gasteiger partial charge in [-0.3, -0.25) is 9.69 Å². The summed E-state index contributed by atoms with van der Waals surface area (Å²) < 4.78 is 0.758. The van der Waals surface area contributed by atoms with E-state index < -0.39 is 12.0 Å². The molecule has 0 bridgehead atoms. The molecule has 26 heavy (non-hydrogen) atoms. The Morgan fingerprint density at radius 3 is 3.04 bits per heavy atom. The summed E-state index contributed by atoms with van der Waals surface area (Å²) in [7, 11) is 1.97. The molecule has 0 saturated carbocycles. The van der Waals surface area contributed by atoms with Crippen molar-refractivity contribution in [1.82, 2.24) is 14.8 Å². The normalized spacial score (nSPS) is 25.2. The van der Waals surface area contributed by atoms with E-state index >= 15 is 0 Å². The summed E-state index contributed by atoms with van der Waals surface area (Å²) in [6, 6.07) is -0.616. The van der Waals surface area contributed by atoms with Crippen LogP contribution in [0.3, 0.4) is 0 Å². The number of thioether (sulfide) groups is 2. The molecule has 4 rings (SSSR count). The van der Waals surface area contributed by atoms with Crippen molar-refractivity contribution in [3.8, 4) is 0 Å². The van der Waals surface area contributed by atoms with Crippen molar-refractivity contribution in [1.29, 1.82) is 0 Å². The van der Waals surface area contributed by atoms with Gasteiger partial charge in [0.1, 0.15) is 17.1 Å². The van der Waals surface area contributed by atoms with Gasteiger partial charge in [0.25, 0.3) is 0 Å². The molecular weight excluding hydrogens is 392 g/mol. The minimum Gasteiger partial charge on any atom is -0.477 e. The minimum atomic E-state index is -1.10. The largest absolute Gasteiger partial charge is 0.477 e. The van der Waals surface area contributed by atoms with Crippen LogP contribution in [0.4, 0.5) is 0 Å². The highest BCUT2D eigenvalue weighted by Crippen LogP contribution is 2.45. The van der Waals surface area contributed by atoms with Crippen LogP contribution < -0.4 is 5.73 Å². The van der Waals surface area contributed by atoms with Crippen LogP contribution in [0, 0.1) is 0 Å². The summed E-state index contributed by atoms with van der Waals surface area (Å²) in [4.78, 5) is 32.3. The number of carbonyl (C=O) groups excluding carboxylic acids is 1. The summed E-state index contributed by atoms with van der Waals surface area (Å²) in [5, 5.41) is 11.3. The highest BCUT2D eigenvalue weighted by atomic mass is 32.2. The quantitative estimate of drug-likeness (QED) is 0.730. The summed E-state index contributed by atoms with van der Waals surface area (Å²) in [5.74, 6) is -0.928. The summed E-state index contributed by atoms with van der Waals surface area (Å²) in [6.07, 6.45) is 7.04. The number of carbonyl (C=O) groups is 2. The Bertz CT molecular complexity index is 876. The third-order valence-corrected chi connectivity index (χ3v) is 7.80.